The van der Waals surface area contributed by atoms with Crippen LogP contribution in [0.25, 0.3) is 0 Å². The molecule has 1 heterocycles. The maximum Gasteiger partial charge on any atom is 0.335 e. The van der Waals surface area contributed by atoms with Crippen LogP contribution in [0.1, 0.15) is 43.2 Å². The molecule has 0 aliphatic rings. The number of rotatable bonds is 8. The third-order valence-corrected chi connectivity index (χ3v) is 2.86. The predicted octanol–water partition coefficient (Wildman–Crippen LogP) is 3.08. The van der Waals surface area contributed by atoms with Crippen molar-refractivity contribution < 1.29 is 14.6 Å². The first-order valence-corrected chi connectivity index (χ1v) is 7.03. The van der Waals surface area contributed by atoms with Gasteiger partial charge in [-0.2, -0.15) is 0 Å². The molecule has 116 valence electrons. The van der Waals surface area contributed by atoms with Crippen LogP contribution in [0.3, 0.4) is 0 Å². The van der Waals surface area contributed by atoms with Gasteiger partial charge in [0.05, 0.1) is 18.8 Å². The summed E-state index contributed by atoms with van der Waals surface area (Å²) in [6.07, 6.45) is 2.63. The van der Waals surface area contributed by atoms with Crippen LogP contribution in [0, 0.1) is 0 Å². The van der Waals surface area contributed by atoms with E-state index in [1.807, 2.05) is 20.8 Å². The highest BCUT2D eigenvalue weighted by molar-refractivity contribution is 5.88. The van der Waals surface area contributed by atoms with E-state index in [0.29, 0.717) is 25.6 Å². The van der Waals surface area contributed by atoms with E-state index in [9.17, 15) is 9.90 Å². The summed E-state index contributed by atoms with van der Waals surface area (Å²) in [5.74, 6) is -0.389. The van der Waals surface area contributed by atoms with Crippen molar-refractivity contribution in [3.8, 4) is 0 Å². The molecular weight excluding hydrogens is 268 g/mol. The van der Waals surface area contributed by atoms with Gasteiger partial charge in [0, 0.05) is 17.7 Å². The number of aromatic carboxylic acids is 1. The fraction of sp³-hybridized carbons (Fsp3) is 0.500. The second kappa shape index (κ2) is 7.78. The Morgan fingerprint density at radius 3 is 2.71 bits per heavy atom. The second-order valence-electron chi connectivity index (χ2n) is 5.80. The van der Waals surface area contributed by atoms with E-state index in [1.54, 1.807) is 18.2 Å². The number of nitrogens with one attached hydrogen (secondary N) is 1. The smallest absolute Gasteiger partial charge is 0.335 e. The molecule has 0 saturated heterocycles. The van der Waals surface area contributed by atoms with E-state index in [4.69, 9.17) is 4.74 Å². The average molecular weight is 292 g/mol. The summed E-state index contributed by atoms with van der Waals surface area (Å²) >= 11 is 0. The van der Waals surface area contributed by atoms with Crippen molar-refractivity contribution in [3.63, 3.8) is 0 Å². The van der Waals surface area contributed by atoms with Gasteiger partial charge in [0.25, 0.3) is 0 Å². The fourth-order valence-electron chi connectivity index (χ4n) is 1.65. The largest absolute Gasteiger partial charge is 0.478 e. The number of carboxylic acids is 1. The second-order valence-corrected chi connectivity index (χ2v) is 5.80. The van der Waals surface area contributed by atoms with Crippen molar-refractivity contribution in [1.29, 1.82) is 0 Å². The Morgan fingerprint density at radius 1 is 1.43 bits per heavy atom. The van der Waals surface area contributed by atoms with Gasteiger partial charge in [0.1, 0.15) is 5.82 Å². The molecule has 1 aromatic heterocycles. The van der Waals surface area contributed by atoms with Crippen molar-refractivity contribution in [3.05, 3.63) is 36.0 Å². The van der Waals surface area contributed by atoms with Gasteiger partial charge in [-0.3, -0.25) is 0 Å². The number of carboxylic acid groups (broad SMARTS) is 1. The molecule has 0 fully saturated rings. The number of nitrogens with zero attached hydrogens (tertiary/aromatic N) is 1. The molecule has 0 saturated carbocycles. The van der Waals surface area contributed by atoms with Gasteiger partial charge < -0.3 is 15.2 Å². The summed E-state index contributed by atoms with van der Waals surface area (Å²) in [7, 11) is 0. The van der Waals surface area contributed by atoms with E-state index in [-0.39, 0.29) is 11.0 Å². The molecule has 1 aromatic rings. The Labute approximate surface area is 126 Å². The maximum atomic E-state index is 11.2. The topological polar surface area (TPSA) is 71.5 Å². The molecule has 0 aliphatic heterocycles. The van der Waals surface area contributed by atoms with Crippen LogP contribution >= 0.6 is 0 Å². The number of hydrogen-bond acceptors (Lipinski definition) is 4. The lowest BCUT2D eigenvalue weighted by Crippen LogP contribution is -2.18. The minimum Gasteiger partial charge on any atom is -0.478 e. The molecule has 0 aliphatic carbocycles. The fourth-order valence-corrected chi connectivity index (χ4v) is 1.65. The first-order valence-electron chi connectivity index (χ1n) is 7.03. The SMILES string of the molecule is C=CCCOCCNc1cc(C(=O)O)cc(C(C)(C)C)n1. The molecule has 0 radical (unpaired) electrons. The predicted molar refractivity (Wildman–Crippen MR) is 84.0 cm³/mol. The molecule has 0 amide bonds. The first-order chi connectivity index (χ1) is 9.84. The van der Waals surface area contributed by atoms with Crippen molar-refractivity contribution in [2.24, 2.45) is 0 Å². The Hall–Kier alpha value is -1.88. The summed E-state index contributed by atoms with van der Waals surface area (Å²) in [4.78, 5) is 15.7. The standard InChI is InChI=1S/C16H24N2O3/c1-5-6-8-21-9-7-17-14-11-12(15(19)20)10-13(18-14)16(2,3)4/h5,10-11H,1,6-9H2,2-4H3,(H,17,18)(H,19,20). The quantitative estimate of drug-likeness (QED) is 0.569. The molecule has 0 atom stereocenters. The zero-order chi connectivity index (χ0) is 15.9. The summed E-state index contributed by atoms with van der Waals surface area (Å²) < 4.78 is 5.39. The normalized spacial score (nSPS) is 11.2. The highest BCUT2D eigenvalue weighted by atomic mass is 16.5. The van der Waals surface area contributed by atoms with Crippen molar-refractivity contribution >= 4 is 11.8 Å². The summed E-state index contributed by atoms with van der Waals surface area (Å²) in [6, 6.07) is 3.16. The summed E-state index contributed by atoms with van der Waals surface area (Å²) in [6.45, 7) is 11.4. The highest BCUT2D eigenvalue weighted by Crippen LogP contribution is 2.23. The van der Waals surface area contributed by atoms with Gasteiger partial charge in [0.15, 0.2) is 0 Å². The monoisotopic (exact) mass is 292 g/mol. The molecule has 0 spiro atoms. The number of hydrogen-bond donors (Lipinski definition) is 2. The molecule has 5 heteroatoms. The van der Waals surface area contributed by atoms with Crippen LogP contribution in [0.4, 0.5) is 5.82 Å². The molecule has 21 heavy (non-hydrogen) atoms. The van der Waals surface area contributed by atoms with E-state index in [1.165, 1.54) is 0 Å². The number of pyridine rings is 1. The molecule has 2 N–H and O–H groups in total. The van der Waals surface area contributed by atoms with E-state index in [0.717, 1.165) is 12.1 Å². The zero-order valence-electron chi connectivity index (χ0n) is 13.0. The average Bonchev–Trinajstić information content (AvgIpc) is 2.41. The molecular formula is C16H24N2O3. The maximum absolute atomic E-state index is 11.2. The first kappa shape index (κ1) is 17.2. The van der Waals surface area contributed by atoms with Gasteiger partial charge >= 0.3 is 5.97 Å². The van der Waals surface area contributed by atoms with Crippen LogP contribution in [0.5, 0.6) is 0 Å². The number of carbonyl (C=O) groups is 1. The Kier molecular flexibility index (Phi) is 6.37. The van der Waals surface area contributed by atoms with Gasteiger partial charge in [-0.15, -0.1) is 6.58 Å². The minimum atomic E-state index is -0.951. The third-order valence-electron chi connectivity index (χ3n) is 2.86. The van der Waals surface area contributed by atoms with Crippen molar-refractivity contribution in [1.82, 2.24) is 4.98 Å². The van der Waals surface area contributed by atoms with E-state index >= 15 is 0 Å². The molecule has 0 unspecified atom stereocenters. The molecule has 0 bridgehead atoms. The minimum absolute atomic E-state index is 0.206. The van der Waals surface area contributed by atoms with Crippen LogP contribution in [-0.4, -0.2) is 35.8 Å². The Morgan fingerprint density at radius 2 is 2.14 bits per heavy atom. The van der Waals surface area contributed by atoms with Crippen LogP contribution in [-0.2, 0) is 10.2 Å². The lowest BCUT2D eigenvalue weighted by molar-refractivity contribution is 0.0696. The van der Waals surface area contributed by atoms with Crippen molar-refractivity contribution in [2.45, 2.75) is 32.6 Å². The van der Waals surface area contributed by atoms with Crippen molar-refractivity contribution in [2.75, 3.05) is 25.1 Å². The van der Waals surface area contributed by atoms with Gasteiger partial charge in [0.2, 0.25) is 0 Å². The molecule has 1 rings (SSSR count). The number of ether oxygens (including phenoxy) is 1. The molecule has 0 aromatic carbocycles. The lowest BCUT2D eigenvalue weighted by Gasteiger charge is -2.19. The van der Waals surface area contributed by atoms with Crippen LogP contribution in [0.15, 0.2) is 24.8 Å². The van der Waals surface area contributed by atoms with E-state index in [2.05, 4.69) is 16.9 Å². The number of aromatic nitrogens is 1. The van der Waals surface area contributed by atoms with Gasteiger partial charge in [-0.05, 0) is 18.6 Å². The summed E-state index contributed by atoms with van der Waals surface area (Å²) in [5.41, 5.74) is 0.782. The number of anilines is 1. The summed E-state index contributed by atoms with van der Waals surface area (Å²) in [5, 5.41) is 12.3. The van der Waals surface area contributed by atoms with Gasteiger partial charge in [-0.25, -0.2) is 9.78 Å². The van der Waals surface area contributed by atoms with Crippen LogP contribution < -0.4 is 5.32 Å². The Bertz CT molecular complexity index is 493. The zero-order valence-corrected chi connectivity index (χ0v) is 13.0. The third kappa shape index (κ3) is 5.95. The lowest BCUT2D eigenvalue weighted by atomic mass is 9.91. The van der Waals surface area contributed by atoms with E-state index < -0.39 is 5.97 Å². The van der Waals surface area contributed by atoms with Gasteiger partial charge in [-0.1, -0.05) is 26.8 Å². The Balaban J connectivity index is 2.70. The molecule has 5 nitrogen and oxygen atoms in total. The van der Waals surface area contributed by atoms with Crippen LogP contribution in [0.2, 0.25) is 0 Å². The highest BCUT2D eigenvalue weighted by Gasteiger charge is 2.18.